The molecule has 1 aromatic rings. The van der Waals surface area contributed by atoms with Crippen molar-refractivity contribution < 1.29 is 0 Å². The molecule has 0 fully saturated rings. The molecule has 1 aromatic carbocycles. The molecule has 0 amide bonds. The van der Waals surface area contributed by atoms with Crippen molar-refractivity contribution in [1.29, 1.82) is 0 Å². The number of fused-ring (bicyclic) bond motifs is 3. The van der Waals surface area contributed by atoms with E-state index in [9.17, 15) is 0 Å². The van der Waals surface area contributed by atoms with Crippen LogP contribution in [0, 0.1) is 0 Å². The topological polar surface area (TPSA) is 15.6 Å². The van der Waals surface area contributed by atoms with Gasteiger partial charge in [0, 0.05) is 12.2 Å². The molecule has 0 saturated heterocycles. The predicted octanol–water partition coefficient (Wildman–Crippen LogP) is 1.93. The summed E-state index contributed by atoms with van der Waals surface area (Å²) in [4.78, 5) is 6.69. The summed E-state index contributed by atoms with van der Waals surface area (Å²) < 4.78 is 0. The Kier molecular flexibility index (Phi) is 1.30. The summed E-state index contributed by atoms with van der Waals surface area (Å²) in [7, 11) is 0. The van der Waals surface area contributed by atoms with Crippen molar-refractivity contribution in [1.82, 2.24) is 0 Å². The second-order valence-corrected chi connectivity index (χ2v) is 3.28. The van der Waals surface area contributed by atoms with E-state index in [4.69, 9.17) is 0 Å². The van der Waals surface area contributed by atoms with Crippen molar-refractivity contribution in [3.8, 4) is 0 Å². The van der Waals surface area contributed by atoms with Gasteiger partial charge in [-0.3, -0.25) is 4.99 Å². The summed E-state index contributed by atoms with van der Waals surface area (Å²) in [6.45, 7) is 1.95. The predicted molar refractivity (Wildman–Crippen MR) is 55.1 cm³/mol. The molecule has 2 nitrogen and oxygen atoms in total. The lowest BCUT2D eigenvalue weighted by Crippen LogP contribution is -2.28. The number of nitrogens with zero attached hydrogens (tertiary/aromatic N) is 2. The first kappa shape index (κ1) is 6.89. The minimum atomic E-state index is 0.925. The highest BCUT2D eigenvalue weighted by molar-refractivity contribution is 6.12. The molecule has 0 unspecified atom stereocenters. The molecule has 0 aliphatic carbocycles. The van der Waals surface area contributed by atoms with Gasteiger partial charge in [-0.15, -0.1) is 0 Å². The smallest absolute Gasteiger partial charge is 0.128 e. The first-order valence-corrected chi connectivity index (χ1v) is 4.54. The number of para-hydroxylation sites is 1. The summed E-state index contributed by atoms with van der Waals surface area (Å²) in [6.07, 6.45) is 4.23. The van der Waals surface area contributed by atoms with Crippen molar-refractivity contribution in [3.05, 3.63) is 35.9 Å². The lowest BCUT2D eigenvalue weighted by atomic mass is 10.1. The number of hydrogen-bond donors (Lipinski definition) is 0. The van der Waals surface area contributed by atoms with Crippen LogP contribution in [-0.4, -0.2) is 18.9 Å². The molecule has 64 valence electrons. The van der Waals surface area contributed by atoms with Crippen LogP contribution in [0.3, 0.4) is 0 Å². The van der Waals surface area contributed by atoms with Crippen molar-refractivity contribution in [2.24, 2.45) is 4.99 Å². The van der Waals surface area contributed by atoms with Crippen molar-refractivity contribution in [2.45, 2.75) is 0 Å². The van der Waals surface area contributed by atoms with Gasteiger partial charge in [0.1, 0.15) is 5.84 Å². The summed E-state index contributed by atoms with van der Waals surface area (Å²) in [5, 5.41) is 0. The molecule has 0 radical (unpaired) electrons. The van der Waals surface area contributed by atoms with E-state index in [-0.39, 0.29) is 0 Å². The SMILES string of the molecule is C1=Cc2ccccc2N2CCN=C12. The van der Waals surface area contributed by atoms with Gasteiger partial charge in [0.15, 0.2) is 0 Å². The average molecular weight is 170 g/mol. The van der Waals surface area contributed by atoms with Crippen LogP contribution in [0.4, 0.5) is 5.69 Å². The fourth-order valence-corrected chi connectivity index (χ4v) is 1.89. The fraction of sp³-hybridized carbons (Fsp3) is 0.182. The summed E-state index contributed by atoms with van der Waals surface area (Å²) >= 11 is 0. The van der Waals surface area contributed by atoms with Crippen LogP contribution in [0.1, 0.15) is 5.56 Å². The van der Waals surface area contributed by atoms with Crippen LogP contribution >= 0.6 is 0 Å². The number of amidine groups is 1. The molecule has 0 spiro atoms. The van der Waals surface area contributed by atoms with E-state index < -0.39 is 0 Å². The second kappa shape index (κ2) is 2.46. The Morgan fingerprint density at radius 3 is 3.08 bits per heavy atom. The van der Waals surface area contributed by atoms with Gasteiger partial charge in [0.2, 0.25) is 0 Å². The van der Waals surface area contributed by atoms with Crippen LogP contribution in [0.25, 0.3) is 6.08 Å². The third kappa shape index (κ3) is 0.917. The van der Waals surface area contributed by atoms with Gasteiger partial charge >= 0.3 is 0 Å². The standard InChI is InChI=1S/C11H10N2/c1-2-4-10-9(3-1)5-6-11-12-7-8-13(10)11/h1-6H,7-8H2. The number of anilines is 1. The van der Waals surface area contributed by atoms with E-state index in [1.54, 1.807) is 0 Å². The fourth-order valence-electron chi connectivity index (χ4n) is 1.89. The van der Waals surface area contributed by atoms with Crippen molar-refractivity contribution in [2.75, 3.05) is 18.0 Å². The molecule has 0 atom stereocenters. The molecule has 0 N–H and O–H groups in total. The zero-order valence-electron chi connectivity index (χ0n) is 7.27. The van der Waals surface area contributed by atoms with E-state index in [1.165, 1.54) is 11.3 Å². The van der Waals surface area contributed by atoms with Crippen LogP contribution in [0.5, 0.6) is 0 Å². The largest absolute Gasteiger partial charge is 0.324 e. The maximum Gasteiger partial charge on any atom is 0.128 e. The highest BCUT2D eigenvalue weighted by atomic mass is 15.2. The number of aliphatic imine (C=N–C) groups is 1. The molecule has 0 saturated carbocycles. The molecule has 2 aliphatic rings. The van der Waals surface area contributed by atoms with E-state index in [0.29, 0.717) is 0 Å². The van der Waals surface area contributed by atoms with E-state index in [1.807, 2.05) is 0 Å². The van der Waals surface area contributed by atoms with Gasteiger partial charge in [0.25, 0.3) is 0 Å². The van der Waals surface area contributed by atoms with E-state index >= 15 is 0 Å². The molecule has 3 rings (SSSR count). The number of hydrogen-bond acceptors (Lipinski definition) is 2. The monoisotopic (exact) mass is 170 g/mol. The lowest BCUT2D eigenvalue weighted by molar-refractivity contribution is 1.02. The minimum Gasteiger partial charge on any atom is -0.324 e. The highest BCUT2D eigenvalue weighted by Crippen LogP contribution is 2.27. The maximum atomic E-state index is 4.41. The molecular formula is C11H10N2. The first-order chi connectivity index (χ1) is 6.45. The molecule has 2 aliphatic heterocycles. The Hall–Kier alpha value is -1.57. The highest BCUT2D eigenvalue weighted by Gasteiger charge is 2.20. The summed E-state index contributed by atoms with van der Waals surface area (Å²) in [5.74, 6) is 1.11. The van der Waals surface area contributed by atoms with Gasteiger partial charge < -0.3 is 4.90 Å². The molecule has 2 heterocycles. The third-order valence-corrected chi connectivity index (χ3v) is 2.51. The molecule has 0 bridgehead atoms. The van der Waals surface area contributed by atoms with Gasteiger partial charge in [-0.25, -0.2) is 0 Å². The number of benzene rings is 1. The maximum absolute atomic E-state index is 4.41. The van der Waals surface area contributed by atoms with Crippen LogP contribution in [-0.2, 0) is 0 Å². The van der Waals surface area contributed by atoms with Crippen molar-refractivity contribution in [3.63, 3.8) is 0 Å². The Labute approximate surface area is 77.2 Å². The third-order valence-electron chi connectivity index (χ3n) is 2.51. The van der Waals surface area contributed by atoms with Gasteiger partial charge in [-0.2, -0.15) is 0 Å². The van der Waals surface area contributed by atoms with E-state index in [0.717, 1.165) is 18.9 Å². The molecule has 13 heavy (non-hydrogen) atoms. The minimum absolute atomic E-state index is 0.925. The zero-order valence-corrected chi connectivity index (χ0v) is 7.27. The Balaban J connectivity index is 2.20. The molecule has 2 heteroatoms. The normalized spacial score (nSPS) is 18.2. The van der Waals surface area contributed by atoms with Gasteiger partial charge in [0.05, 0.1) is 6.54 Å². The average Bonchev–Trinajstić information content (AvgIpc) is 2.65. The van der Waals surface area contributed by atoms with Gasteiger partial charge in [-0.1, -0.05) is 18.2 Å². The second-order valence-electron chi connectivity index (χ2n) is 3.28. The Morgan fingerprint density at radius 1 is 1.15 bits per heavy atom. The van der Waals surface area contributed by atoms with Crippen LogP contribution in [0.15, 0.2) is 35.3 Å². The quantitative estimate of drug-likeness (QED) is 0.581. The molecule has 0 aromatic heterocycles. The van der Waals surface area contributed by atoms with Gasteiger partial charge in [-0.05, 0) is 23.8 Å². The number of rotatable bonds is 0. The van der Waals surface area contributed by atoms with Crippen LogP contribution in [0.2, 0.25) is 0 Å². The Morgan fingerprint density at radius 2 is 2.08 bits per heavy atom. The van der Waals surface area contributed by atoms with Crippen LogP contribution < -0.4 is 4.90 Å². The zero-order chi connectivity index (χ0) is 8.67. The lowest BCUT2D eigenvalue weighted by Gasteiger charge is -2.23. The first-order valence-electron chi connectivity index (χ1n) is 4.54. The summed E-state index contributed by atoms with van der Waals surface area (Å²) in [6, 6.07) is 8.44. The van der Waals surface area contributed by atoms with Crippen molar-refractivity contribution >= 4 is 17.6 Å². The molecular weight excluding hydrogens is 160 g/mol. The van der Waals surface area contributed by atoms with E-state index in [2.05, 4.69) is 46.3 Å². The summed E-state index contributed by atoms with van der Waals surface area (Å²) in [5.41, 5.74) is 2.59. The Bertz CT molecular complexity index is 404.